The number of carbonyl (C=O) groups is 1. The molecule has 23 heavy (non-hydrogen) atoms. The maximum atomic E-state index is 12.3. The van der Waals surface area contributed by atoms with Gasteiger partial charge in [-0.25, -0.2) is 0 Å². The minimum atomic E-state index is -0.662. The molecule has 5 heteroatoms. The molecule has 2 rings (SSSR count). The maximum Gasteiger partial charge on any atom is 0.265 e. The van der Waals surface area contributed by atoms with Gasteiger partial charge in [0.1, 0.15) is 5.75 Å². The predicted octanol–water partition coefficient (Wildman–Crippen LogP) is 4.11. The van der Waals surface area contributed by atoms with Crippen molar-refractivity contribution in [1.82, 2.24) is 0 Å². The third-order valence-corrected chi connectivity index (χ3v) is 3.68. The van der Waals surface area contributed by atoms with Gasteiger partial charge in [-0.05, 0) is 62.2 Å². The van der Waals surface area contributed by atoms with Crippen molar-refractivity contribution in [2.75, 3.05) is 5.32 Å². The van der Waals surface area contributed by atoms with E-state index in [-0.39, 0.29) is 5.91 Å². The molecule has 2 N–H and O–H groups in total. The molecule has 0 fully saturated rings. The van der Waals surface area contributed by atoms with Gasteiger partial charge in [0.05, 0.1) is 6.10 Å². The van der Waals surface area contributed by atoms with Crippen LogP contribution >= 0.6 is 11.6 Å². The van der Waals surface area contributed by atoms with Gasteiger partial charge < -0.3 is 15.2 Å². The monoisotopic (exact) mass is 333 g/mol. The minimum absolute atomic E-state index is 0.262. The fraction of sp³-hybridized carbons (Fsp3) is 0.278. The highest BCUT2D eigenvalue weighted by Gasteiger charge is 2.16. The Balaban J connectivity index is 2.04. The van der Waals surface area contributed by atoms with Crippen molar-refractivity contribution in [3.8, 4) is 5.75 Å². The highest BCUT2D eigenvalue weighted by molar-refractivity contribution is 6.30. The molecule has 0 unspecified atom stereocenters. The Morgan fingerprint density at radius 2 is 1.96 bits per heavy atom. The summed E-state index contributed by atoms with van der Waals surface area (Å²) in [5.41, 5.74) is 2.23. The SMILES string of the molecule is Cc1cc(Cl)ccc1O[C@@H](C)C(=O)Nc1cccc([C@H](C)O)c1. The number of carbonyl (C=O) groups excluding carboxylic acids is 1. The van der Waals surface area contributed by atoms with Gasteiger partial charge in [-0.3, -0.25) is 4.79 Å². The van der Waals surface area contributed by atoms with E-state index in [1.807, 2.05) is 6.92 Å². The van der Waals surface area contributed by atoms with E-state index in [0.29, 0.717) is 16.5 Å². The van der Waals surface area contributed by atoms with E-state index in [1.165, 1.54) is 0 Å². The van der Waals surface area contributed by atoms with E-state index in [9.17, 15) is 9.90 Å². The molecule has 0 heterocycles. The van der Waals surface area contributed by atoms with Crippen molar-refractivity contribution in [3.63, 3.8) is 0 Å². The Hall–Kier alpha value is -2.04. The third-order valence-electron chi connectivity index (χ3n) is 3.45. The summed E-state index contributed by atoms with van der Waals surface area (Å²) in [6.45, 7) is 5.23. The van der Waals surface area contributed by atoms with Crippen LogP contribution in [0.3, 0.4) is 0 Å². The average Bonchev–Trinajstić information content (AvgIpc) is 2.50. The second-order valence-electron chi connectivity index (χ2n) is 5.46. The van der Waals surface area contributed by atoms with Crippen LogP contribution in [0.5, 0.6) is 5.75 Å². The van der Waals surface area contributed by atoms with Crippen molar-refractivity contribution in [1.29, 1.82) is 0 Å². The van der Waals surface area contributed by atoms with Crippen LogP contribution in [0, 0.1) is 6.92 Å². The molecular formula is C18H20ClNO3. The summed E-state index contributed by atoms with van der Waals surface area (Å²) in [4.78, 5) is 12.3. The lowest BCUT2D eigenvalue weighted by molar-refractivity contribution is -0.122. The molecular weight excluding hydrogens is 314 g/mol. The molecule has 0 radical (unpaired) electrons. The van der Waals surface area contributed by atoms with Crippen molar-refractivity contribution < 1.29 is 14.6 Å². The summed E-state index contributed by atoms with van der Waals surface area (Å²) >= 11 is 5.91. The van der Waals surface area contributed by atoms with Crippen molar-refractivity contribution in [2.24, 2.45) is 0 Å². The van der Waals surface area contributed by atoms with Crippen LogP contribution in [0.4, 0.5) is 5.69 Å². The normalized spacial score (nSPS) is 13.3. The Bertz CT molecular complexity index is 700. The third kappa shape index (κ3) is 4.71. The quantitative estimate of drug-likeness (QED) is 0.865. The Labute approximate surface area is 141 Å². The molecule has 122 valence electrons. The molecule has 0 aliphatic heterocycles. The van der Waals surface area contributed by atoms with Crippen molar-refractivity contribution >= 4 is 23.2 Å². The number of halogens is 1. The first-order valence-corrected chi connectivity index (χ1v) is 7.76. The van der Waals surface area contributed by atoms with Gasteiger partial charge in [0.25, 0.3) is 5.91 Å². The number of nitrogens with one attached hydrogen (secondary N) is 1. The van der Waals surface area contributed by atoms with Crippen LogP contribution in [0.15, 0.2) is 42.5 Å². The lowest BCUT2D eigenvalue weighted by Crippen LogP contribution is -2.30. The number of benzene rings is 2. The first-order valence-electron chi connectivity index (χ1n) is 7.38. The van der Waals surface area contributed by atoms with Gasteiger partial charge >= 0.3 is 0 Å². The molecule has 0 saturated carbocycles. The van der Waals surface area contributed by atoms with Crippen LogP contribution in [-0.2, 0) is 4.79 Å². The molecule has 4 nitrogen and oxygen atoms in total. The fourth-order valence-corrected chi connectivity index (χ4v) is 2.34. The van der Waals surface area contributed by atoms with Crippen molar-refractivity contribution in [2.45, 2.75) is 33.0 Å². The zero-order chi connectivity index (χ0) is 17.0. The lowest BCUT2D eigenvalue weighted by atomic mass is 10.1. The summed E-state index contributed by atoms with van der Waals surface area (Å²) < 4.78 is 5.69. The fourth-order valence-electron chi connectivity index (χ4n) is 2.11. The standard InChI is InChI=1S/C18H20ClNO3/c1-11-9-15(19)7-8-17(11)23-13(3)18(22)20-16-6-4-5-14(10-16)12(2)21/h4-10,12-13,21H,1-3H3,(H,20,22)/t12-,13-/m0/s1. The maximum absolute atomic E-state index is 12.3. The molecule has 0 bridgehead atoms. The number of aryl methyl sites for hydroxylation is 1. The average molecular weight is 334 g/mol. The minimum Gasteiger partial charge on any atom is -0.481 e. The topological polar surface area (TPSA) is 58.6 Å². The van der Waals surface area contributed by atoms with Gasteiger partial charge in [0.2, 0.25) is 0 Å². The van der Waals surface area contributed by atoms with Crippen LogP contribution in [0.1, 0.15) is 31.1 Å². The number of hydrogen-bond acceptors (Lipinski definition) is 3. The Morgan fingerprint density at radius 3 is 2.61 bits per heavy atom. The zero-order valence-electron chi connectivity index (χ0n) is 13.3. The molecule has 0 aliphatic rings. The smallest absolute Gasteiger partial charge is 0.265 e. The van der Waals surface area contributed by atoms with Gasteiger partial charge in [0, 0.05) is 10.7 Å². The van der Waals surface area contributed by atoms with E-state index in [4.69, 9.17) is 16.3 Å². The molecule has 1 amide bonds. The number of rotatable bonds is 5. The molecule has 0 spiro atoms. The van der Waals surface area contributed by atoms with Crippen molar-refractivity contribution in [3.05, 3.63) is 58.6 Å². The first-order chi connectivity index (χ1) is 10.9. The van der Waals surface area contributed by atoms with Crippen LogP contribution < -0.4 is 10.1 Å². The van der Waals surface area contributed by atoms with Crippen LogP contribution in [-0.4, -0.2) is 17.1 Å². The summed E-state index contributed by atoms with van der Waals surface area (Å²) in [6.07, 6.45) is -1.25. The molecule has 0 saturated heterocycles. The van der Waals surface area contributed by atoms with E-state index in [1.54, 1.807) is 56.3 Å². The Morgan fingerprint density at radius 1 is 1.22 bits per heavy atom. The van der Waals surface area contributed by atoms with E-state index in [2.05, 4.69) is 5.32 Å². The zero-order valence-corrected chi connectivity index (χ0v) is 14.1. The lowest BCUT2D eigenvalue weighted by Gasteiger charge is -2.17. The summed E-state index contributed by atoms with van der Waals surface area (Å²) in [5, 5.41) is 13.0. The highest BCUT2D eigenvalue weighted by Crippen LogP contribution is 2.23. The van der Waals surface area contributed by atoms with E-state index in [0.717, 1.165) is 11.1 Å². The number of anilines is 1. The van der Waals surface area contributed by atoms with Crippen LogP contribution in [0.2, 0.25) is 5.02 Å². The van der Waals surface area contributed by atoms with Gasteiger partial charge in [-0.15, -0.1) is 0 Å². The molecule has 2 aromatic rings. The summed E-state index contributed by atoms with van der Waals surface area (Å²) in [5.74, 6) is 0.358. The summed E-state index contributed by atoms with van der Waals surface area (Å²) in [7, 11) is 0. The number of aliphatic hydroxyl groups is 1. The second-order valence-corrected chi connectivity index (χ2v) is 5.90. The number of amides is 1. The van der Waals surface area contributed by atoms with Crippen LogP contribution in [0.25, 0.3) is 0 Å². The number of hydrogen-bond donors (Lipinski definition) is 2. The number of aliphatic hydroxyl groups excluding tert-OH is 1. The predicted molar refractivity (Wildman–Crippen MR) is 92.0 cm³/mol. The van der Waals surface area contributed by atoms with E-state index >= 15 is 0 Å². The first kappa shape index (κ1) is 17.3. The molecule has 2 atom stereocenters. The van der Waals surface area contributed by atoms with Gasteiger partial charge in [-0.1, -0.05) is 23.7 Å². The molecule has 0 aliphatic carbocycles. The van der Waals surface area contributed by atoms with E-state index < -0.39 is 12.2 Å². The summed E-state index contributed by atoms with van der Waals surface area (Å²) in [6, 6.07) is 12.3. The van der Waals surface area contributed by atoms with Gasteiger partial charge in [-0.2, -0.15) is 0 Å². The largest absolute Gasteiger partial charge is 0.481 e. The second kappa shape index (κ2) is 7.49. The number of ether oxygens (including phenoxy) is 1. The van der Waals surface area contributed by atoms with Gasteiger partial charge in [0.15, 0.2) is 6.10 Å². The molecule has 0 aromatic heterocycles. The Kier molecular flexibility index (Phi) is 5.64. The molecule has 2 aromatic carbocycles. The highest BCUT2D eigenvalue weighted by atomic mass is 35.5.